The van der Waals surface area contributed by atoms with E-state index in [1.165, 1.54) is 12.8 Å². The Balaban J connectivity index is 1.79. The topological polar surface area (TPSA) is 44.9 Å². The number of H-pyrrole nitrogens is 1. The second kappa shape index (κ2) is 5.31. The summed E-state index contributed by atoms with van der Waals surface area (Å²) in [5, 5.41) is 4.24. The van der Waals surface area contributed by atoms with Gasteiger partial charge in [0.25, 0.3) is 5.91 Å². The predicted octanol–water partition coefficient (Wildman–Crippen LogP) is 3.72. The summed E-state index contributed by atoms with van der Waals surface area (Å²) in [5.41, 5.74) is 1.77. The summed E-state index contributed by atoms with van der Waals surface area (Å²) in [7, 11) is 0. The Morgan fingerprint density at radius 3 is 2.90 bits per heavy atom. The zero-order valence-corrected chi connectivity index (χ0v) is 12.1. The third kappa shape index (κ3) is 2.33. The van der Waals surface area contributed by atoms with Crippen LogP contribution in [0.5, 0.6) is 0 Å². The van der Waals surface area contributed by atoms with E-state index < -0.39 is 0 Å². The molecular formula is C17H22N2O. The molecule has 3 nitrogen and oxygen atoms in total. The van der Waals surface area contributed by atoms with Crippen molar-refractivity contribution < 1.29 is 4.79 Å². The zero-order chi connectivity index (χ0) is 14.1. The van der Waals surface area contributed by atoms with Gasteiger partial charge in [0, 0.05) is 23.1 Å². The normalized spacial score (nSPS) is 26.6. The molecule has 0 saturated heterocycles. The highest BCUT2D eigenvalue weighted by molar-refractivity contribution is 6.06. The van der Waals surface area contributed by atoms with E-state index in [0.717, 1.165) is 22.9 Å². The molecule has 106 valence electrons. The predicted molar refractivity (Wildman–Crippen MR) is 81.7 cm³/mol. The Labute approximate surface area is 119 Å². The summed E-state index contributed by atoms with van der Waals surface area (Å²) >= 11 is 0. The van der Waals surface area contributed by atoms with E-state index in [0.29, 0.717) is 17.9 Å². The molecule has 2 aromatic rings. The molecule has 0 bridgehead atoms. The van der Waals surface area contributed by atoms with E-state index in [9.17, 15) is 4.79 Å². The first kappa shape index (κ1) is 13.2. The van der Waals surface area contributed by atoms with Crippen LogP contribution in [0.1, 0.15) is 43.5 Å². The highest BCUT2D eigenvalue weighted by Crippen LogP contribution is 2.30. The van der Waals surface area contributed by atoms with Crippen LogP contribution in [-0.2, 0) is 0 Å². The fourth-order valence-electron chi connectivity index (χ4n) is 3.29. The molecule has 0 aliphatic heterocycles. The number of rotatable bonds is 2. The molecular weight excluding hydrogens is 248 g/mol. The second-order valence-electron chi connectivity index (χ2n) is 6.10. The molecule has 1 aliphatic carbocycles. The van der Waals surface area contributed by atoms with Gasteiger partial charge in [-0.15, -0.1) is 0 Å². The van der Waals surface area contributed by atoms with Gasteiger partial charge in [0.2, 0.25) is 0 Å². The van der Waals surface area contributed by atoms with Crippen molar-refractivity contribution in [2.75, 3.05) is 0 Å². The van der Waals surface area contributed by atoms with E-state index in [1.807, 2.05) is 30.5 Å². The SMILES string of the molecule is CC1CCCC(NC(=O)c2c[nH]c3ccccc23)C1C. The molecule has 20 heavy (non-hydrogen) atoms. The maximum Gasteiger partial charge on any atom is 0.253 e. The lowest BCUT2D eigenvalue weighted by molar-refractivity contribution is 0.0893. The lowest BCUT2D eigenvalue weighted by atomic mass is 9.78. The number of fused-ring (bicyclic) bond motifs is 1. The van der Waals surface area contributed by atoms with Crippen LogP contribution in [-0.4, -0.2) is 16.9 Å². The number of benzene rings is 1. The highest BCUT2D eigenvalue weighted by atomic mass is 16.1. The first-order valence-electron chi connectivity index (χ1n) is 7.54. The van der Waals surface area contributed by atoms with Gasteiger partial charge in [-0.1, -0.05) is 44.9 Å². The number of carbonyl (C=O) groups is 1. The smallest absolute Gasteiger partial charge is 0.253 e. The van der Waals surface area contributed by atoms with Gasteiger partial charge in [0.1, 0.15) is 0 Å². The largest absolute Gasteiger partial charge is 0.360 e. The highest BCUT2D eigenvalue weighted by Gasteiger charge is 2.28. The number of hydrogen-bond acceptors (Lipinski definition) is 1. The summed E-state index contributed by atoms with van der Waals surface area (Å²) < 4.78 is 0. The van der Waals surface area contributed by atoms with Crippen molar-refractivity contribution in [3.8, 4) is 0 Å². The van der Waals surface area contributed by atoms with Crippen molar-refractivity contribution in [3.63, 3.8) is 0 Å². The van der Waals surface area contributed by atoms with Gasteiger partial charge in [-0.05, 0) is 24.3 Å². The molecule has 3 heteroatoms. The van der Waals surface area contributed by atoms with Gasteiger partial charge < -0.3 is 10.3 Å². The molecule has 3 rings (SSSR count). The van der Waals surface area contributed by atoms with Crippen molar-refractivity contribution in [2.24, 2.45) is 11.8 Å². The monoisotopic (exact) mass is 270 g/mol. The van der Waals surface area contributed by atoms with Gasteiger partial charge in [-0.25, -0.2) is 0 Å². The number of nitrogens with one attached hydrogen (secondary N) is 2. The molecule has 0 spiro atoms. The summed E-state index contributed by atoms with van der Waals surface area (Å²) in [5.74, 6) is 1.29. The van der Waals surface area contributed by atoms with Crippen LogP contribution in [0.4, 0.5) is 0 Å². The number of hydrogen-bond donors (Lipinski definition) is 2. The Kier molecular flexibility index (Phi) is 3.51. The quantitative estimate of drug-likeness (QED) is 0.858. The standard InChI is InChI=1S/C17H22N2O/c1-11-6-5-9-15(12(11)2)19-17(20)14-10-18-16-8-4-3-7-13(14)16/h3-4,7-8,10-12,15,18H,5-6,9H2,1-2H3,(H,19,20). The average molecular weight is 270 g/mol. The van der Waals surface area contributed by atoms with Crippen molar-refractivity contribution in [1.29, 1.82) is 0 Å². The van der Waals surface area contributed by atoms with Crippen molar-refractivity contribution in [1.82, 2.24) is 10.3 Å². The first-order chi connectivity index (χ1) is 9.66. The summed E-state index contributed by atoms with van der Waals surface area (Å²) in [4.78, 5) is 15.7. The first-order valence-corrected chi connectivity index (χ1v) is 7.54. The number of amides is 1. The fourth-order valence-corrected chi connectivity index (χ4v) is 3.29. The zero-order valence-electron chi connectivity index (χ0n) is 12.1. The Morgan fingerprint density at radius 1 is 1.25 bits per heavy atom. The van der Waals surface area contributed by atoms with E-state index in [4.69, 9.17) is 0 Å². The van der Waals surface area contributed by atoms with Crippen LogP contribution in [0.25, 0.3) is 10.9 Å². The molecule has 1 fully saturated rings. The van der Waals surface area contributed by atoms with Gasteiger partial charge >= 0.3 is 0 Å². The lowest BCUT2D eigenvalue weighted by Gasteiger charge is -2.34. The third-order valence-electron chi connectivity index (χ3n) is 4.86. The maximum atomic E-state index is 12.5. The summed E-state index contributed by atoms with van der Waals surface area (Å²) in [6.07, 6.45) is 5.40. The molecule has 0 radical (unpaired) electrons. The molecule has 1 aromatic heterocycles. The molecule has 1 aromatic carbocycles. The van der Waals surface area contributed by atoms with Gasteiger partial charge in [-0.2, -0.15) is 0 Å². The number of carbonyl (C=O) groups excluding carboxylic acids is 1. The Hall–Kier alpha value is -1.77. The minimum atomic E-state index is 0.0494. The molecule has 2 N–H and O–H groups in total. The van der Waals surface area contributed by atoms with Crippen LogP contribution in [0.2, 0.25) is 0 Å². The van der Waals surface area contributed by atoms with Gasteiger partial charge in [0.05, 0.1) is 5.56 Å². The molecule has 1 aliphatic rings. The number of para-hydroxylation sites is 1. The Morgan fingerprint density at radius 2 is 2.05 bits per heavy atom. The lowest BCUT2D eigenvalue weighted by Crippen LogP contribution is -2.43. The van der Waals surface area contributed by atoms with Gasteiger partial charge in [0.15, 0.2) is 0 Å². The van der Waals surface area contributed by atoms with E-state index >= 15 is 0 Å². The number of aromatic amines is 1. The Bertz CT molecular complexity index is 616. The van der Waals surface area contributed by atoms with Crippen LogP contribution in [0.3, 0.4) is 0 Å². The van der Waals surface area contributed by atoms with E-state index in [2.05, 4.69) is 24.1 Å². The fraction of sp³-hybridized carbons (Fsp3) is 0.471. The van der Waals surface area contributed by atoms with Crippen molar-refractivity contribution in [3.05, 3.63) is 36.0 Å². The minimum Gasteiger partial charge on any atom is -0.360 e. The molecule has 3 atom stereocenters. The molecule has 1 heterocycles. The second-order valence-corrected chi connectivity index (χ2v) is 6.10. The maximum absolute atomic E-state index is 12.5. The molecule has 1 amide bonds. The molecule has 3 unspecified atom stereocenters. The van der Waals surface area contributed by atoms with Crippen molar-refractivity contribution >= 4 is 16.8 Å². The van der Waals surface area contributed by atoms with Crippen molar-refractivity contribution in [2.45, 2.75) is 39.2 Å². The van der Waals surface area contributed by atoms with Crippen LogP contribution < -0.4 is 5.32 Å². The van der Waals surface area contributed by atoms with Gasteiger partial charge in [-0.3, -0.25) is 4.79 Å². The average Bonchev–Trinajstić information content (AvgIpc) is 2.88. The number of aromatic nitrogens is 1. The van der Waals surface area contributed by atoms with Crippen LogP contribution in [0.15, 0.2) is 30.5 Å². The molecule has 1 saturated carbocycles. The minimum absolute atomic E-state index is 0.0494. The van der Waals surface area contributed by atoms with E-state index in [1.54, 1.807) is 0 Å². The van der Waals surface area contributed by atoms with Crippen LogP contribution in [0, 0.1) is 11.8 Å². The van der Waals surface area contributed by atoms with E-state index in [-0.39, 0.29) is 5.91 Å². The van der Waals surface area contributed by atoms with Crippen LogP contribution >= 0.6 is 0 Å². The summed E-state index contributed by atoms with van der Waals surface area (Å²) in [6.45, 7) is 4.54. The summed E-state index contributed by atoms with van der Waals surface area (Å²) in [6, 6.07) is 8.24. The third-order valence-corrected chi connectivity index (χ3v) is 4.86.